The van der Waals surface area contributed by atoms with Gasteiger partial charge in [-0.3, -0.25) is 4.79 Å². The summed E-state index contributed by atoms with van der Waals surface area (Å²) in [4.78, 5) is 33.9. The number of aliphatic carboxylic acids is 1. The summed E-state index contributed by atoms with van der Waals surface area (Å²) in [7, 11) is 1.57. The van der Waals surface area contributed by atoms with Gasteiger partial charge in [0.05, 0.1) is 11.7 Å². The molecule has 2 atom stereocenters. The molecule has 1 aromatic carbocycles. The van der Waals surface area contributed by atoms with Gasteiger partial charge in [0.2, 0.25) is 5.95 Å². The van der Waals surface area contributed by atoms with Gasteiger partial charge in [0.25, 0.3) is 5.56 Å². The number of piperidine rings is 1. The van der Waals surface area contributed by atoms with Crippen molar-refractivity contribution in [2.24, 2.45) is 18.9 Å². The molecule has 1 aliphatic heterocycles. The number of carboxylic acids is 1. The Bertz CT molecular complexity index is 1250. The second-order valence-electron chi connectivity index (χ2n) is 8.67. The van der Waals surface area contributed by atoms with Crippen LogP contribution in [0.1, 0.15) is 20.3 Å². The summed E-state index contributed by atoms with van der Waals surface area (Å²) >= 11 is 0. The molecular weight excluding hydrogens is 429 g/mol. The van der Waals surface area contributed by atoms with Crippen molar-refractivity contribution in [2.75, 3.05) is 29.9 Å². The van der Waals surface area contributed by atoms with Gasteiger partial charge in [0.1, 0.15) is 0 Å². The Morgan fingerprint density at radius 1 is 1.27 bits per heavy atom. The Labute approximate surface area is 189 Å². The average Bonchev–Trinajstić information content (AvgIpc) is 2.76. The molecular formula is C23H26FN5O4. The molecule has 174 valence electrons. The number of ether oxygens (including phenoxy) is 1. The Hall–Kier alpha value is -3.69. The predicted octanol–water partition coefficient (Wildman–Crippen LogP) is 3.16. The molecule has 1 saturated heterocycles. The number of fused-ring (bicyclic) bond motifs is 1. The molecule has 2 aromatic heterocycles. The van der Waals surface area contributed by atoms with E-state index >= 15 is 0 Å². The van der Waals surface area contributed by atoms with Crippen molar-refractivity contribution < 1.29 is 19.0 Å². The lowest BCUT2D eigenvalue weighted by Gasteiger charge is -2.35. The highest BCUT2D eigenvalue weighted by Crippen LogP contribution is 2.27. The first-order valence-electron chi connectivity index (χ1n) is 10.7. The summed E-state index contributed by atoms with van der Waals surface area (Å²) in [5.74, 6) is -0.300. The minimum Gasteiger partial charge on any atom is -0.479 e. The van der Waals surface area contributed by atoms with E-state index in [1.807, 2.05) is 0 Å². The van der Waals surface area contributed by atoms with Crippen LogP contribution in [0.25, 0.3) is 10.9 Å². The number of aryl methyl sites for hydroxylation is 1. The largest absolute Gasteiger partial charge is 0.479 e. The van der Waals surface area contributed by atoms with Gasteiger partial charge in [-0.15, -0.1) is 0 Å². The topological polar surface area (TPSA) is 110 Å². The molecule has 0 unspecified atom stereocenters. The minimum absolute atomic E-state index is 0.0531. The van der Waals surface area contributed by atoms with Gasteiger partial charge < -0.3 is 24.6 Å². The number of hydrogen-bond donors (Lipinski definition) is 2. The van der Waals surface area contributed by atoms with Crippen LogP contribution < -0.4 is 20.5 Å². The van der Waals surface area contributed by atoms with Crippen LogP contribution in [0.3, 0.4) is 0 Å². The molecule has 0 amide bonds. The van der Waals surface area contributed by atoms with Crippen LogP contribution in [-0.4, -0.2) is 45.3 Å². The number of anilines is 3. The standard InChI is InChI=1S/C23H26FN5O4/c1-13-6-14(2)11-29(10-13)23-25-9-17(24)21(27-23)26-16-4-5-18-15(7-16)8-19(22(32)28(18)3)33-12-20(30)31/h4-5,7-9,13-14H,6,10-12H2,1-3H3,(H,30,31)(H,25,26,27)/t13-,14+. The lowest BCUT2D eigenvalue weighted by molar-refractivity contribution is -0.139. The lowest BCUT2D eigenvalue weighted by atomic mass is 9.92. The SMILES string of the molecule is C[C@@H]1C[C@H](C)CN(c2ncc(F)c(Nc3ccc4c(c3)cc(OCC(=O)O)c(=O)n4C)n2)C1. The Morgan fingerprint density at radius 2 is 2.00 bits per heavy atom. The smallest absolute Gasteiger partial charge is 0.341 e. The van der Waals surface area contributed by atoms with E-state index in [-0.39, 0.29) is 11.6 Å². The predicted molar refractivity (Wildman–Crippen MR) is 123 cm³/mol. The van der Waals surface area contributed by atoms with E-state index in [0.29, 0.717) is 34.4 Å². The third kappa shape index (κ3) is 4.89. The second-order valence-corrected chi connectivity index (χ2v) is 8.67. The Balaban J connectivity index is 1.64. The molecule has 0 radical (unpaired) electrons. The number of carboxylic acid groups (broad SMARTS) is 1. The van der Waals surface area contributed by atoms with E-state index in [2.05, 4.69) is 34.0 Å². The minimum atomic E-state index is -1.18. The third-order valence-corrected chi connectivity index (χ3v) is 5.69. The molecule has 3 aromatic rings. The summed E-state index contributed by atoms with van der Waals surface area (Å²) < 4.78 is 21.0. The van der Waals surface area contributed by atoms with Crippen molar-refractivity contribution in [1.29, 1.82) is 0 Å². The second kappa shape index (κ2) is 9.05. The normalized spacial score (nSPS) is 18.4. The molecule has 0 aliphatic carbocycles. The highest BCUT2D eigenvalue weighted by molar-refractivity contribution is 5.85. The van der Waals surface area contributed by atoms with Crippen LogP contribution >= 0.6 is 0 Å². The Morgan fingerprint density at radius 3 is 2.70 bits per heavy atom. The number of pyridine rings is 1. The fourth-order valence-electron chi connectivity index (χ4n) is 4.33. The zero-order valence-corrected chi connectivity index (χ0v) is 18.7. The molecule has 4 rings (SSSR count). The van der Waals surface area contributed by atoms with Crippen LogP contribution in [0.2, 0.25) is 0 Å². The number of nitrogens with one attached hydrogen (secondary N) is 1. The number of benzene rings is 1. The fourth-order valence-corrected chi connectivity index (χ4v) is 4.33. The summed E-state index contributed by atoms with van der Waals surface area (Å²) in [5, 5.41) is 12.4. The van der Waals surface area contributed by atoms with Crippen LogP contribution in [0.4, 0.5) is 21.8 Å². The van der Waals surface area contributed by atoms with Gasteiger partial charge in [0, 0.05) is 31.2 Å². The highest BCUT2D eigenvalue weighted by Gasteiger charge is 2.24. The van der Waals surface area contributed by atoms with Crippen LogP contribution in [0.15, 0.2) is 35.3 Å². The number of nitrogens with zero attached hydrogens (tertiary/aromatic N) is 4. The zero-order valence-electron chi connectivity index (χ0n) is 18.7. The number of hydrogen-bond acceptors (Lipinski definition) is 7. The van der Waals surface area contributed by atoms with Gasteiger partial charge in [0.15, 0.2) is 24.0 Å². The first-order valence-corrected chi connectivity index (χ1v) is 10.7. The maximum atomic E-state index is 14.5. The van der Waals surface area contributed by atoms with Crippen molar-refractivity contribution in [1.82, 2.24) is 14.5 Å². The van der Waals surface area contributed by atoms with Crippen molar-refractivity contribution in [3.05, 3.63) is 46.6 Å². The number of rotatable bonds is 6. The maximum absolute atomic E-state index is 14.5. The van der Waals surface area contributed by atoms with E-state index in [0.717, 1.165) is 25.7 Å². The molecule has 9 nitrogen and oxygen atoms in total. The molecule has 0 saturated carbocycles. The van der Waals surface area contributed by atoms with Crippen molar-refractivity contribution >= 4 is 34.3 Å². The van der Waals surface area contributed by atoms with E-state index in [4.69, 9.17) is 9.84 Å². The van der Waals surface area contributed by atoms with Crippen molar-refractivity contribution in [3.63, 3.8) is 0 Å². The van der Waals surface area contributed by atoms with Crippen LogP contribution in [0, 0.1) is 17.7 Å². The zero-order chi connectivity index (χ0) is 23.7. The Kier molecular flexibility index (Phi) is 6.17. The first-order chi connectivity index (χ1) is 15.7. The summed E-state index contributed by atoms with van der Waals surface area (Å²) in [6.07, 6.45) is 2.30. The van der Waals surface area contributed by atoms with Crippen LogP contribution in [-0.2, 0) is 11.8 Å². The molecule has 3 heterocycles. The molecule has 33 heavy (non-hydrogen) atoms. The van der Waals surface area contributed by atoms with Gasteiger partial charge in [-0.05, 0) is 42.5 Å². The molecule has 0 bridgehead atoms. The van der Waals surface area contributed by atoms with E-state index in [1.165, 1.54) is 10.6 Å². The first kappa shape index (κ1) is 22.5. The fraction of sp³-hybridized carbons (Fsp3) is 0.391. The summed E-state index contributed by atoms with van der Waals surface area (Å²) in [6, 6.07) is 6.62. The number of aromatic nitrogens is 3. The average molecular weight is 455 g/mol. The van der Waals surface area contributed by atoms with E-state index in [1.54, 1.807) is 25.2 Å². The summed E-state index contributed by atoms with van der Waals surface area (Å²) in [6.45, 7) is 5.38. The molecule has 2 N–H and O–H groups in total. The summed E-state index contributed by atoms with van der Waals surface area (Å²) in [5.41, 5.74) is 0.726. The molecule has 0 spiro atoms. The van der Waals surface area contributed by atoms with Gasteiger partial charge in [-0.1, -0.05) is 13.8 Å². The highest BCUT2D eigenvalue weighted by atomic mass is 19.1. The van der Waals surface area contributed by atoms with Crippen LogP contribution in [0.5, 0.6) is 5.75 Å². The molecule has 1 aliphatic rings. The van der Waals surface area contributed by atoms with Crippen molar-refractivity contribution in [3.8, 4) is 5.75 Å². The van der Waals surface area contributed by atoms with Gasteiger partial charge in [-0.2, -0.15) is 4.98 Å². The van der Waals surface area contributed by atoms with E-state index in [9.17, 15) is 14.0 Å². The lowest BCUT2D eigenvalue weighted by Crippen LogP contribution is -2.39. The number of carbonyl (C=O) groups is 1. The quantitative estimate of drug-likeness (QED) is 0.583. The molecule has 10 heteroatoms. The van der Waals surface area contributed by atoms with Crippen molar-refractivity contribution in [2.45, 2.75) is 20.3 Å². The monoisotopic (exact) mass is 455 g/mol. The van der Waals surface area contributed by atoms with E-state index < -0.39 is 24.0 Å². The maximum Gasteiger partial charge on any atom is 0.341 e. The van der Waals surface area contributed by atoms with Gasteiger partial charge in [-0.25, -0.2) is 14.2 Å². The molecule has 1 fully saturated rings. The third-order valence-electron chi connectivity index (χ3n) is 5.69. The number of halogens is 1. The van der Waals surface area contributed by atoms with Gasteiger partial charge >= 0.3 is 5.97 Å².